The van der Waals surface area contributed by atoms with Crippen LogP contribution in [0.2, 0.25) is 10.0 Å². The third-order valence-corrected chi connectivity index (χ3v) is 18.8. The summed E-state index contributed by atoms with van der Waals surface area (Å²) in [5.74, 6) is 2.82. The predicted molar refractivity (Wildman–Crippen MR) is 285 cm³/mol. The number of ether oxygens (including phenoxy) is 2. The molecule has 0 spiro atoms. The molecule has 12 nitrogen and oxygen atoms in total. The van der Waals surface area contributed by atoms with Gasteiger partial charge in [0.1, 0.15) is 24.3 Å². The van der Waals surface area contributed by atoms with Crippen LogP contribution < -0.4 is 9.47 Å². The van der Waals surface area contributed by atoms with Crippen LogP contribution in [0.25, 0.3) is 5.57 Å². The largest absolute Gasteiger partial charge is 0.486 e. The number of fused-ring (bicyclic) bond motifs is 5. The number of rotatable bonds is 20. The van der Waals surface area contributed by atoms with Gasteiger partial charge in [0.2, 0.25) is 0 Å². The number of benzene rings is 4. The van der Waals surface area contributed by atoms with Crippen molar-refractivity contribution in [3.63, 3.8) is 0 Å². The molecular formula is C59H70Cl2N2O10. The van der Waals surface area contributed by atoms with Crippen LogP contribution >= 0.6 is 23.2 Å². The molecule has 14 heteroatoms. The number of carbonyl (C=O) groups is 2. The highest BCUT2D eigenvalue weighted by atomic mass is 35.5. The van der Waals surface area contributed by atoms with Crippen LogP contribution in [0.4, 0.5) is 11.4 Å². The molecule has 0 heterocycles. The molecule has 73 heavy (non-hydrogen) atoms. The van der Waals surface area contributed by atoms with Gasteiger partial charge in [-0.3, -0.25) is 20.2 Å². The van der Waals surface area contributed by atoms with E-state index in [0.29, 0.717) is 45.8 Å². The lowest BCUT2D eigenvalue weighted by Crippen LogP contribution is -2.53. The van der Waals surface area contributed by atoms with E-state index >= 15 is 0 Å². The first-order valence-corrected chi connectivity index (χ1v) is 27.1. The van der Waals surface area contributed by atoms with E-state index in [4.69, 9.17) is 32.7 Å². The van der Waals surface area contributed by atoms with Crippen LogP contribution in [0.1, 0.15) is 167 Å². The Morgan fingerprint density at radius 3 is 1.79 bits per heavy atom. The summed E-state index contributed by atoms with van der Waals surface area (Å²) < 4.78 is 11.9. The van der Waals surface area contributed by atoms with E-state index in [1.54, 1.807) is 24.3 Å². The number of carboxylic acid groups (broad SMARTS) is 2. The van der Waals surface area contributed by atoms with E-state index in [-0.39, 0.29) is 68.4 Å². The van der Waals surface area contributed by atoms with Crippen LogP contribution in [-0.4, -0.2) is 32.0 Å². The Morgan fingerprint density at radius 2 is 1.26 bits per heavy atom. The van der Waals surface area contributed by atoms with Crippen LogP contribution in [0.15, 0.2) is 78.9 Å². The first-order chi connectivity index (χ1) is 34.8. The van der Waals surface area contributed by atoms with E-state index in [1.165, 1.54) is 113 Å². The summed E-state index contributed by atoms with van der Waals surface area (Å²) in [4.78, 5) is 48.3. The molecular weight excluding hydrogens is 968 g/mol. The van der Waals surface area contributed by atoms with Crippen molar-refractivity contribution in [1.29, 1.82) is 0 Å². The molecule has 390 valence electrons. The number of nitrogens with zero attached hydrogens (tertiary/aromatic N) is 2. The zero-order valence-corrected chi connectivity index (χ0v) is 44.3. The Kier molecular flexibility index (Phi) is 16.6. The van der Waals surface area contributed by atoms with Crippen molar-refractivity contribution < 1.29 is 39.1 Å². The molecule has 0 bridgehead atoms. The normalized spacial score (nSPS) is 25.7. The van der Waals surface area contributed by atoms with Gasteiger partial charge in [0.15, 0.2) is 11.5 Å². The smallest absolute Gasteiger partial charge is 0.339 e. The molecule has 0 radical (unpaired) electrons. The average Bonchev–Trinajstić information content (AvgIpc) is 3.71. The fourth-order valence-electron chi connectivity index (χ4n) is 14.5. The monoisotopic (exact) mass is 1040 g/mol. The van der Waals surface area contributed by atoms with Gasteiger partial charge in [-0.1, -0.05) is 107 Å². The quantitative estimate of drug-likeness (QED) is 0.0639. The highest BCUT2D eigenvalue weighted by Crippen LogP contribution is 2.69. The van der Waals surface area contributed by atoms with E-state index in [9.17, 15) is 40.0 Å². The first kappa shape index (κ1) is 53.8. The molecule has 4 aliphatic rings. The summed E-state index contributed by atoms with van der Waals surface area (Å²) in [6.45, 7) is 11.8. The number of hydrogen-bond acceptors (Lipinski definition) is 8. The number of halogens is 2. The van der Waals surface area contributed by atoms with Gasteiger partial charge in [0.25, 0.3) is 11.4 Å². The second-order valence-electron chi connectivity index (χ2n) is 22.7. The standard InChI is InChI=1S/C59H70Cl2N2O10/c1-35(2)12-10-13-36(3)47-22-23-48-44-21-20-42-28-37(24-26-58(42,4)49(44)25-27-59(47,48)5)14-11-17-43(40-29-45(56(64)65)54(50(60)31-40)72-33-38-15-6-8-18-52(38)62(68)69)41-30-46(57(66)67)55(51(61)32-41)73-34-39-16-7-9-19-53(39)63(70)71/h6-9,15-19,29-32,35-37,42,44,47-49H,10-14,20-28,33-34H2,1-5H3,(H,64,65)(H,66,67)/t36-,37+,42+,44+,47-,48+,49+,58+,59-/m1/s1. The van der Waals surface area contributed by atoms with Gasteiger partial charge in [-0.2, -0.15) is 0 Å². The number of aromatic carboxylic acids is 2. The van der Waals surface area contributed by atoms with Crippen molar-refractivity contribution in [2.75, 3.05) is 0 Å². The number of nitro groups is 2. The van der Waals surface area contributed by atoms with Crippen molar-refractivity contribution in [3.05, 3.63) is 143 Å². The molecule has 2 N–H and O–H groups in total. The summed E-state index contributed by atoms with van der Waals surface area (Å²) in [5, 5.41) is 44.5. The maximum atomic E-state index is 13.0. The maximum absolute atomic E-state index is 13.0. The molecule has 0 amide bonds. The van der Waals surface area contributed by atoms with Gasteiger partial charge >= 0.3 is 11.9 Å². The molecule has 4 fully saturated rings. The van der Waals surface area contributed by atoms with Gasteiger partial charge in [0, 0.05) is 12.1 Å². The molecule has 4 saturated carbocycles. The van der Waals surface area contributed by atoms with Crippen molar-refractivity contribution in [2.45, 2.75) is 138 Å². The average molecular weight is 1040 g/mol. The fraction of sp³-hybridized carbons (Fsp3) is 0.525. The SMILES string of the molecule is CC(C)CCC[C@@H](C)[C@H]1CC[C@H]2[C@@H]3CC[C@H]4C[C@@H](CCC=C(c5cc(Cl)c(OCc6ccccc6[N+](=O)[O-])c(C(=O)O)c5)c5cc(Cl)c(OCc6ccccc6[N+](=O)[O-])c(C(=O)O)c5)CC[C@]4(C)[C@H]3CC[C@]12C. The number of para-hydroxylation sites is 2. The molecule has 0 saturated heterocycles. The zero-order chi connectivity index (χ0) is 52.4. The highest BCUT2D eigenvalue weighted by Gasteiger charge is 2.60. The first-order valence-electron chi connectivity index (χ1n) is 26.3. The lowest BCUT2D eigenvalue weighted by Gasteiger charge is -2.61. The minimum Gasteiger partial charge on any atom is -0.486 e. The van der Waals surface area contributed by atoms with Gasteiger partial charge in [-0.05, 0) is 182 Å². The summed E-state index contributed by atoms with van der Waals surface area (Å²) >= 11 is 13.8. The van der Waals surface area contributed by atoms with E-state index in [0.717, 1.165) is 54.8 Å². The van der Waals surface area contributed by atoms with Crippen LogP contribution in [0.5, 0.6) is 11.5 Å². The number of carboxylic acids is 2. The second kappa shape index (κ2) is 22.6. The molecule has 4 aromatic rings. The maximum Gasteiger partial charge on any atom is 0.339 e. The summed E-state index contributed by atoms with van der Waals surface area (Å²) in [6.07, 6.45) is 19.0. The molecule has 0 aromatic heterocycles. The molecule has 8 rings (SSSR count). The predicted octanol–water partition coefficient (Wildman–Crippen LogP) is 16.3. The lowest BCUT2D eigenvalue weighted by atomic mass is 9.44. The number of nitro benzene ring substituents is 2. The van der Waals surface area contributed by atoms with Crippen molar-refractivity contribution >= 4 is 52.1 Å². The van der Waals surface area contributed by atoms with Crippen molar-refractivity contribution in [1.82, 2.24) is 0 Å². The van der Waals surface area contributed by atoms with Gasteiger partial charge in [-0.15, -0.1) is 0 Å². The zero-order valence-electron chi connectivity index (χ0n) is 42.7. The highest BCUT2D eigenvalue weighted by molar-refractivity contribution is 6.33. The second-order valence-corrected chi connectivity index (χ2v) is 23.5. The fourth-order valence-corrected chi connectivity index (χ4v) is 15.1. The van der Waals surface area contributed by atoms with Crippen LogP contribution in [-0.2, 0) is 13.2 Å². The van der Waals surface area contributed by atoms with Gasteiger partial charge in [0.05, 0.1) is 31.0 Å². The van der Waals surface area contributed by atoms with Crippen molar-refractivity contribution in [3.8, 4) is 11.5 Å². The Labute approximate surface area is 439 Å². The topological polar surface area (TPSA) is 179 Å². The van der Waals surface area contributed by atoms with Crippen LogP contribution in [0, 0.1) is 78.4 Å². The summed E-state index contributed by atoms with van der Waals surface area (Å²) in [5.41, 5.74) is 1.45. The molecule has 4 aromatic carbocycles. The third-order valence-electron chi connectivity index (χ3n) is 18.2. The lowest BCUT2D eigenvalue weighted by molar-refractivity contribution is -0.386. The minimum atomic E-state index is -1.36. The number of allylic oxidation sites excluding steroid dienone is 1. The van der Waals surface area contributed by atoms with E-state index in [2.05, 4.69) is 34.6 Å². The minimum absolute atomic E-state index is 0.0668. The Morgan fingerprint density at radius 1 is 0.726 bits per heavy atom. The Hall–Kier alpha value is -5.46. The Balaban J connectivity index is 1.05. The molecule has 9 atom stereocenters. The third kappa shape index (κ3) is 11.3. The van der Waals surface area contributed by atoms with E-state index in [1.807, 2.05) is 6.08 Å². The Bertz CT molecular complexity index is 2630. The molecule has 0 aliphatic heterocycles. The number of hydrogen-bond donors (Lipinski definition) is 2. The van der Waals surface area contributed by atoms with Gasteiger partial charge in [-0.25, -0.2) is 9.59 Å². The van der Waals surface area contributed by atoms with Gasteiger partial charge < -0.3 is 19.7 Å². The van der Waals surface area contributed by atoms with E-state index < -0.39 is 21.8 Å². The summed E-state index contributed by atoms with van der Waals surface area (Å²) in [7, 11) is 0. The molecule has 4 aliphatic carbocycles. The summed E-state index contributed by atoms with van der Waals surface area (Å²) in [6, 6.07) is 17.9. The van der Waals surface area contributed by atoms with Crippen molar-refractivity contribution in [2.24, 2.45) is 58.2 Å². The molecule has 0 unspecified atom stereocenters. The van der Waals surface area contributed by atoms with Crippen LogP contribution in [0.3, 0.4) is 0 Å².